The van der Waals surface area contributed by atoms with E-state index in [1.165, 1.54) is 13.1 Å². The van der Waals surface area contributed by atoms with E-state index in [2.05, 4.69) is 10.8 Å². The number of hydrogen-bond acceptors (Lipinski definition) is 8. The van der Waals surface area contributed by atoms with Gasteiger partial charge in [0.15, 0.2) is 23.3 Å². The third kappa shape index (κ3) is 6.70. The van der Waals surface area contributed by atoms with Crippen LogP contribution >= 0.6 is 0 Å². The van der Waals surface area contributed by atoms with Crippen LogP contribution in [0, 0.1) is 10.1 Å². The molecule has 0 radical (unpaired) electrons. The van der Waals surface area contributed by atoms with Crippen LogP contribution in [0.2, 0.25) is 0 Å². The van der Waals surface area contributed by atoms with Crippen molar-refractivity contribution in [3.63, 3.8) is 0 Å². The molecular formula is C16H29N5O5. The number of carbonyl (C=O) groups excluding carboxylic acids is 2. The quantitative estimate of drug-likeness (QED) is 0.286. The maximum Gasteiger partial charge on any atom is 0.166 e. The summed E-state index contributed by atoms with van der Waals surface area (Å²) in [5, 5.41) is 14.2. The number of hydrazine groups is 1. The van der Waals surface area contributed by atoms with Gasteiger partial charge in [0.1, 0.15) is 0 Å². The lowest BCUT2D eigenvalue weighted by Crippen LogP contribution is -2.50. The fourth-order valence-electron chi connectivity index (χ4n) is 2.08. The van der Waals surface area contributed by atoms with E-state index in [9.17, 15) is 19.7 Å². The minimum absolute atomic E-state index is 0.00229. The second-order valence-corrected chi connectivity index (χ2v) is 7.29. The average Bonchev–Trinajstić information content (AvgIpc) is 3.01. The summed E-state index contributed by atoms with van der Waals surface area (Å²) in [6.07, 6.45) is 3.25. The molecule has 0 aromatic carbocycles. The Hall–Kier alpha value is -2.04. The standard InChI is InChI=1S/C16H29N5O5/c1-13(22)15(2,3)18-26-11-7-17-16(4,5)14(23)6-8-19-9-10-20(12-19)21(24)25/h9-10,17-18H,6-8,11-12H2,1-5H3. The molecule has 0 aromatic rings. The summed E-state index contributed by atoms with van der Waals surface area (Å²) < 4.78 is 0. The van der Waals surface area contributed by atoms with Crippen LogP contribution in [0.5, 0.6) is 0 Å². The van der Waals surface area contributed by atoms with Crippen LogP contribution < -0.4 is 10.8 Å². The molecule has 148 valence electrons. The highest BCUT2D eigenvalue weighted by molar-refractivity contribution is 5.87. The highest BCUT2D eigenvalue weighted by Crippen LogP contribution is 2.11. The largest absolute Gasteiger partial charge is 0.353 e. The molecule has 0 saturated heterocycles. The van der Waals surface area contributed by atoms with E-state index < -0.39 is 16.1 Å². The molecule has 10 nitrogen and oxygen atoms in total. The Morgan fingerprint density at radius 2 is 1.88 bits per heavy atom. The third-order valence-corrected chi connectivity index (χ3v) is 4.29. The molecule has 1 aliphatic heterocycles. The van der Waals surface area contributed by atoms with Gasteiger partial charge in [-0.2, -0.15) is 5.48 Å². The number of nitro groups is 1. The second kappa shape index (κ2) is 9.06. The Bertz CT molecular complexity index is 561. The van der Waals surface area contributed by atoms with Crippen molar-refractivity contribution in [3.8, 4) is 0 Å². The molecular weight excluding hydrogens is 342 g/mol. The highest BCUT2D eigenvalue weighted by atomic mass is 16.7. The van der Waals surface area contributed by atoms with Crippen molar-refractivity contribution >= 4 is 11.6 Å². The molecule has 0 amide bonds. The number of carbonyl (C=O) groups is 2. The molecule has 0 saturated carbocycles. The van der Waals surface area contributed by atoms with Crippen LogP contribution in [0.1, 0.15) is 41.0 Å². The van der Waals surface area contributed by atoms with Gasteiger partial charge in [-0.15, -0.1) is 0 Å². The number of Topliss-reactive ketones (excluding diaryl/α,β-unsaturated/α-hetero) is 2. The second-order valence-electron chi connectivity index (χ2n) is 7.29. The first-order valence-electron chi connectivity index (χ1n) is 8.47. The molecule has 0 unspecified atom stereocenters. The van der Waals surface area contributed by atoms with Crippen molar-refractivity contribution in [2.24, 2.45) is 0 Å². The molecule has 0 aromatic heterocycles. The van der Waals surface area contributed by atoms with E-state index in [1.54, 1.807) is 38.8 Å². The summed E-state index contributed by atoms with van der Waals surface area (Å²) in [6, 6.07) is 0. The zero-order valence-electron chi connectivity index (χ0n) is 16.1. The van der Waals surface area contributed by atoms with Crippen LogP contribution in [-0.2, 0) is 14.4 Å². The highest BCUT2D eigenvalue weighted by Gasteiger charge is 2.28. The van der Waals surface area contributed by atoms with E-state index in [4.69, 9.17) is 4.84 Å². The van der Waals surface area contributed by atoms with Crippen molar-refractivity contribution in [2.45, 2.75) is 52.1 Å². The van der Waals surface area contributed by atoms with Crippen molar-refractivity contribution < 1.29 is 19.5 Å². The van der Waals surface area contributed by atoms with Crippen molar-refractivity contribution in [2.75, 3.05) is 26.4 Å². The summed E-state index contributed by atoms with van der Waals surface area (Å²) in [7, 11) is 0. The maximum atomic E-state index is 12.4. The van der Waals surface area contributed by atoms with E-state index in [1.807, 2.05) is 0 Å². The monoisotopic (exact) mass is 371 g/mol. The van der Waals surface area contributed by atoms with Gasteiger partial charge in [0.05, 0.1) is 23.9 Å². The van der Waals surface area contributed by atoms with Gasteiger partial charge in [0.25, 0.3) is 0 Å². The predicted octanol–water partition coefficient (Wildman–Crippen LogP) is 0.441. The lowest BCUT2D eigenvalue weighted by Gasteiger charge is -2.27. The number of nitrogens with one attached hydrogen (secondary N) is 2. The van der Waals surface area contributed by atoms with Gasteiger partial charge in [-0.1, -0.05) is 5.01 Å². The summed E-state index contributed by atoms with van der Waals surface area (Å²) >= 11 is 0. The van der Waals surface area contributed by atoms with Crippen molar-refractivity contribution in [3.05, 3.63) is 22.5 Å². The van der Waals surface area contributed by atoms with Crippen molar-refractivity contribution in [1.29, 1.82) is 0 Å². The van der Waals surface area contributed by atoms with Crippen LogP contribution in [0.15, 0.2) is 12.4 Å². The molecule has 1 aliphatic rings. The number of hydrogen-bond donors (Lipinski definition) is 2. The average molecular weight is 371 g/mol. The minimum atomic E-state index is -0.758. The summed E-state index contributed by atoms with van der Waals surface area (Å²) in [5.41, 5.74) is 1.20. The van der Waals surface area contributed by atoms with Crippen LogP contribution in [0.3, 0.4) is 0 Å². The Kier molecular flexibility index (Phi) is 7.67. The van der Waals surface area contributed by atoms with Gasteiger partial charge in [0.2, 0.25) is 0 Å². The molecule has 1 heterocycles. The normalized spacial score (nSPS) is 14.8. The van der Waals surface area contributed by atoms with E-state index in [-0.39, 0.29) is 24.7 Å². The van der Waals surface area contributed by atoms with Gasteiger partial charge in [0, 0.05) is 25.7 Å². The molecule has 26 heavy (non-hydrogen) atoms. The zero-order chi connectivity index (χ0) is 20.0. The predicted molar refractivity (Wildman–Crippen MR) is 95.1 cm³/mol. The van der Waals surface area contributed by atoms with Gasteiger partial charge in [-0.05, 0) is 34.6 Å². The Balaban J connectivity index is 2.27. The van der Waals surface area contributed by atoms with Gasteiger partial charge in [-0.25, -0.2) is 10.1 Å². The van der Waals surface area contributed by atoms with Crippen LogP contribution in [-0.4, -0.2) is 64.0 Å². The van der Waals surface area contributed by atoms with Crippen LogP contribution in [0.4, 0.5) is 0 Å². The maximum absolute atomic E-state index is 12.4. The van der Waals surface area contributed by atoms with E-state index in [0.29, 0.717) is 19.7 Å². The molecule has 2 N–H and O–H groups in total. The summed E-state index contributed by atoms with van der Waals surface area (Å²) in [4.78, 5) is 41.4. The first-order chi connectivity index (χ1) is 12.0. The lowest BCUT2D eigenvalue weighted by molar-refractivity contribution is -0.640. The SMILES string of the molecule is CC(=O)C(C)(C)NOCCNC(C)(C)C(=O)CCN1C=CN([N+](=O)[O-])C1. The first kappa shape index (κ1) is 22.0. The fourth-order valence-corrected chi connectivity index (χ4v) is 2.08. The van der Waals surface area contributed by atoms with Gasteiger partial charge in [-0.3, -0.25) is 14.4 Å². The molecule has 0 bridgehead atoms. The Labute approximate surface area is 153 Å². The van der Waals surface area contributed by atoms with Gasteiger partial charge >= 0.3 is 0 Å². The number of ketones is 2. The number of nitrogens with zero attached hydrogens (tertiary/aromatic N) is 3. The van der Waals surface area contributed by atoms with Crippen molar-refractivity contribution in [1.82, 2.24) is 20.7 Å². The molecule has 0 aliphatic carbocycles. The van der Waals surface area contributed by atoms with E-state index >= 15 is 0 Å². The summed E-state index contributed by atoms with van der Waals surface area (Å²) in [5.74, 6) is -0.0324. The molecule has 0 atom stereocenters. The smallest absolute Gasteiger partial charge is 0.166 e. The molecule has 0 fully saturated rings. The number of hydroxylamine groups is 1. The topological polar surface area (TPSA) is 117 Å². The van der Waals surface area contributed by atoms with Crippen LogP contribution in [0.25, 0.3) is 0 Å². The Morgan fingerprint density at radius 1 is 1.23 bits per heavy atom. The number of rotatable bonds is 12. The Morgan fingerprint density at radius 3 is 2.42 bits per heavy atom. The molecule has 10 heteroatoms. The minimum Gasteiger partial charge on any atom is -0.353 e. The lowest BCUT2D eigenvalue weighted by atomic mass is 9.96. The zero-order valence-corrected chi connectivity index (χ0v) is 16.1. The molecule has 1 rings (SSSR count). The molecule has 0 spiro atoms. The third-order valence-electron chi connectivity index (χ3n) is 4.29. The van der Waals surface area contributed by atoms with E-state index in [0.717, 1.165) is 5.01 Å². The van der Waals surface area contributed by atoms with Gasteiger partial charge < -0.3 is 10.2 Å². The first-order valence-corrected chi connectivity index (χ1v) is 8.47. The fraction of sp³-hybridized carbons (Fsp3) is 0.750. The summed E-state index contributed by atoms with van der Waals surface area (Å²) in [6.45, 7) is 9.77.